The van der Waals surface area contributed by atoms with Crippen molar-refractivity contribution in [3.05, 3.63) is 70.5 Å². The van der Waals surface area contributed by atoms with E-state index in [2.05, 4.69) is 23.1 Å². The summed E-state index contributed by atoms with van der Waals surface area (Å²) in [6.07, 6.45) is 1.75. The lowest BCUT2D eigenvalue weighted by Gasteiger charge is -2.04. The number of sulfonamides is 1. The fourth-order valence-electron chi connectivity index (χ4n) is 2.56. The summed E-state index contributed by atoms with van der Waals surface area (Å²) in [4.78, 5) is 0.661. The van der Waals surface area contributed by atoms with Crippen LogP contribution in [0.3, 0.4) is 0 Å². The molecule has 0 saturated carbocycles. The first kappa shape index (κ1) is 17.6. The highest BCUT2D eigenvalue weighted by Gasteiger charge is 2.15. The van der Waals surface area contributed by atoms with E-state index in [1.54, 1.807) is 30.3 Å². The van der Waals surface area contributed by atoms with Gasteiger partial charge in [-0.2, -0.15) is 8.42 Å². The first-order chi connectivity index (χ1) is 11.8. The molecule has 0 aliphatic heterocycles. The van der Waals surface area contributed by atoms with Gasteiger partial charge < -0.3 is 4.57 Å². The first-order valence-corrected chi connectivity index (χ1v) is 10.2. The lowest BCUT2D eigenvalue weighted by atomic mass is 10.1. The Morgan fingerprint density at radius 2 is 1.76 bits per heavy atom. The smallest absolute Gasteiger partial charge is 0.285 e. The minimum atomic E-state index is -3.76. The fourth-order valence-corrected chi connectivity index (χ4v) is 4.89. The van der Waals surface area contributed by atoms with Gasteiger partial charge in [-0.05, 0) is 56.2 Å². The summed E-state index contributed by atoms with van der Waals surface area (Å²) in [7, 11) is -3.76. The number of nitrogens with zero attached hydrogens (tertiary/aromatic N) is 2. The molecular formula is C19H20N2O2S2. The van der Waals surface area contributed by atoms with E-state index in [0.29, 0.717) is 11.3 Å². The van der Waals surface area contributed by atoms with E-state index in [4.69, 9.17) is 0 Å². The van der Waals surface area contributed by atoms with Gasteiger partial charge in [-0.15, -0.1) is 11.0 Å². The van der Waals surface area contributed by atoms with Crippen LogP contribution in [-0.2, 0) is 16.6 Å². The summed E-state index contributed by atoms with van der Waals surface area (Å²) in [6.45, 7) is 10.3. The van der Waals surface area contributed by atoms with Gasteiger partial charge in [0.1, 0.15) is 0 Å². The van der Waals surface area contributed by atoms with E-state index in [1.165, 1.54) is 16.9 Å². The maximum atomic E-state index is 12.7. The highest BCUT2D eigenvalue weighted by atomic mass is 32.2. The highest BCUT2D eigenvalue weighted by molar-refractivity contribution is 7.90. The van der Waals surface area contributed by atoms with Crippen LogP contribution in [0.25, 0.3) is 10.2 Å². The van der Waals surface area contributed by atoms with Crippen molar-refractivity contribution in [2.45, 2.75) is 32.2 Å². The Morgan fingerprint density at radius 3 is 2.40 bits per heavy atom. The van der Waals surface area contributed by atoms with Crippen molar-refractivity contribution >= 4 is 31.6 Å². The average Bonchev–Trinajstić information content (AvgIpc) is 2.85. The van der Waals surface area contributed by atoms with E-state index >= 15 is 0 Å². The topological polar surface area (TPSA) is 51.4 Å². The Kier molecular flexibility index (Phi) is 4.67. The van der Waals surface area contributed by atoms with Gasteiger partial charge in [-0.25, -0.2) is 0 Å². The molecule has 0 aliphatic carbocycles. The predicted octanol–water partition coefficient (Wildman–Crippen LogP) is 4.10. The number of hydrogen-bond donors (Lipinski definition) is 0. The quantitative estimate of drug-likeness (QED) is 0.647. The third-order valence-electron chi connectivity index (χ3n) is 4.13. The van der Waals surface area contributed by atoms with Crippen molar-refractivity contribution in [3.63, 3.8) is 0 Å². The van der Waals surface area contributed by atoms with Gasteiger partial charge in [0.05, 0.1) is 15.1 Å². The van der Waals surface area contributed by atoms with Gasteiger partial charge in [0, 0.05) is 6.54 Å². The van der Waals surface area contributed by atoms with Gasteiger partial charge >= 0.3 is 0 Å². The molecule has 1 heterocycles. The molecule has 3 aromatic rings. The third-order valence-corrected chi connectivity index (χ3v) is 6.56. The number of hydrogen-bond acceptors (Lipinski definition) is 3. The molecule has 130 valence electrons. The van der Waals surface area contributed by atoms with Crippen LogP contribution < -0.4 is 4.80 Å². The Bertz CT molecular complexity index is 1120. The molecule has 25 heavy (non-hydrogen) atoms. The molecule has 2 aromatic carbocycles. The van der Waals surface area contributed by atoms with Crippen molar-refractivity contribution in [2.75, 3.05) is 0 Å². The number of allylic oxidation sites excluding steroid dienone is 1. The summed E-state index contributed by atoms with van der Waals surface area (Å²) in [5, 5.41) is 0. The Hall–Kier alpha value is -2.18. The zero-order valence-electron chi connectivity index (χ0n) is 14.5. The summed E-state index contributed by atoms with van der Waals surface area (Å²) in [5.74, 6) is 0. The number of aryl methyl sites for hydroxylation is 3. The van der Waals surface area contributed by atoms with E-state index in [9.17, 15) is 8.42 Å². The predicted molar refractivity (Wildman–Crippen MR) is 103 cm³/mol. The molecule has 0 bridgehead atoms. The maximum absolute atomic E-state index is 12.7. The average molecular weight is 373 g/mol. The minimum Gasteiger partial charge on any atom is -0.312 e. The molecule has 0 N–H and O–H groups in total. The van der Waals surface area contributed by atoms with Crippen molar-refractivity contribution < 1.29 is 8.42 Å². The van der Waals surface area contributed by atoms with Gasteiger partial charge in [0.2, 0.25) is 4.80 Å². The normalized spacial score (nSPS) is 12.7. The van der Waals surface area contributed by atoms with Crippen LogP contribution >= 0.6 is 11.3 Å². The number of aromatic nitrogens is 1. The molecule has 0 amide bonds. The second kappa shape index (κ2) is 6.61. The summed E-state index contributed by atoms with van der Waals surface area (Å²) >= 11 is 1.38. The number of benzene rings is 2. The van der Waals surface area contributed by atoms with Crippen molar-refractivity contribution in [1.29, 1.82) is 0 Å². The molecule has 0 spiro atoms. The SMILES string of the molecule is C=CCn1/c(=N/S(=O)(=O)c2ccc(C)cc2)sc2cc(C)c(C)cc21. The third kappa shape index (κ3) is 3.45. The molecule has 6 heteroatoms. The van der Waals surface area contributed by atoms with E-state index in [1.807, 2.05) is 25.3 Å². The summed E-state index contributed by atoms with van der Waals surface area (Å²) in [6, 6.07) is 10.9. The van der Waals surface area contributed by atoms with Gasteiger partial charge in [0.25, 0.3) is 10.0 Å². The van der Waals surface area contributed by atoms with Crippen LogP contribution in [0.2, 0.25) is 0 Å². The Balaban J connectivity index is 2.26. The van der Waals surface area contributed by atoms with Crippen LogP contribution in [0.5, 0.6) is 0 Å². The van der Waals surface area contributed by atoms with E-state index in [0.717, 1.165) is 21.3 Å². The lowest BCUT2D eigenvalue weighted by Crippen LogP contribution is -2.16. The Labute approximate surface area is 151 Å². The first-order valence-electron chi connectivity index (χ1n) is 7.91. The van der Waals surface area contributed by atoms with Crippen LogP contribution in [0.15, 0.2) is 58.3 Å². The summed E-state index contributed by atoms with van der Waals surface area (Å²) < 4.78 is 32.4. The number of fused-ring (bicyclic) bond motifs is 1. The highest BCUT2D eigenvalue weighted by Crippen LogP contribution is 2.22. The van der Waals surface area contributed by atoms with Crippen LogP contribution in [0, 0.1) is 20.8 Å². The minimum absolute atomic E-state index is 0.202. The zero-order valence-corrected chi connectivity index (χ0v) is 16.1. The molecule has 0 fully saturated rings. The molecule has 0 radical (unpaired) electrons. The molecule has 4 nitrogen and oxygen atoms in total. The van der Waals surface area contributed by atoms with Gasteiger partial charge in [0.15, 0.2) is 0 Å². The molecule has 0 unspecified atom stereocenters. The van der Waals surface area contributed by atoms with Gasteiger partial charge in [-0.1, -0.05) is 35.1 Å². The van der Waals surface area contributed by atoms with Crippen LogP contribution in [0.1, 0.15) is 16.7 Å². The molecule has 0 aliphatic rings. The second-order valence-electron chi connectivity index (χ2n) is 6.07. The maximum Gasteiger partial charge on any atom is 0.285 e. The zero-order chi connectivity index (χ0) is 18.2. The van der Waals surface area contributed by atoms with Crippen molar-refractivity contribution in [3.8, 4) is 0 Å². The lowest BCUT2D eigenvalue weighted by molar-refractivity contribution is 0.596. The van der Waals surface area contributed by atoms with E-state index in [-0.39, 0.29) is 4.90 Å². The van der Waals surface area contributed by atoms with Crippen LogP contribution in [0.4, 0.5) is 0 Å². The summed E-state index contributed by atoms with van der Waals surface area (Å²) in [5.41, 5.74) is 4.32. The fraction of sp³-hybridized carbons (Fsp3) is 0.211. The number of rotatable bonds is 4. The molecule has 0 atom stereocenters. The molecular weight excluding hydrogens is 352 g/mol. The molecule has 0 saturated heterocycles. The molecule has 3 rings (SSSR count). The standard InChI is InChI=1S/C19H20N2O2S2/c1-5-10-21-17-11-14(3)15(4)12-18(17)24-19(21)20-25(22,23)16-8-6-13(2)7-9-16/h5-9,11-12H,1,10H2,2-4H3/b20-19-. The second-order valence-corrected chi connectivity index (χ2v) is 8.68. The largest absolute Gasteiger partial charge is 0.312 e. The molecule has 1 aromatic heterocycles. The number of thiazole rings is 1. The Morgan fingerprint density at radius 1 is 1.12 bits per heavy atom. The van der Waals surface area contributed by atoms with E-state index < -0.39 is 10.0 Å². The van der Waals surface area contributed by atoms with Crippen molar-refractivity contribution in [2.24, 2.45) is 4.40 Å². The monoisotopic (exact) mass is 372 g/mol. The van der Waals surface area contributed by atoms with Crippen molar-refractivity contribution in [1.82, 2.24) is 4.57 Å². The van der Waals surface area contributed by atoms with Crippen LogP contribution in [-0.4, -0.2) is 13.0 Å². The van der Waals surface area contributed by atoms with Gasteiger partial charge in [-0.3, -0.25) is 0 Å².